The number of halogens is 10. The molecular weight excluding hydrogens is 450 g/mol. The zero-order valence-electron chi connectivity index (χ0n) is 16.1. The quantitative estimate of drug-likeness (QED) is 0.235. The average molecular weight is 468 g/mol. The highest BCUT2D eigenvalue weighted by Crippen LogP contribution is 2.40. The number of allylic oxidation sites excluding steroid dienone is 1. The van der Waals surface area contributed by atoms with Gasteiger partial charge < -0.3 is 0 Å². The topological polar surface area (TPSA) is 34.1 Å². The molecular formula is C19H18F10O2. The molecule has 0 amide bonds. The Bertz CT molecular complexity index is 743. The molecule has 0 aliphatic heterocycles. The Morgan fingerprint density at radius 1 is 0.839 bits per heavy atom. The van der Waals surface area contributed by atoms with Gasteiger partial charge in [0.25, 0.3) is 17.8 Å². The van der Waals surface area contributed by atoms with Gasteiger partial charge in [0.05, 0.1) is 18.4 Å². The van der Waals surface area contributed by atoms with E-state index in [1.54, 1.807) is 0 Å². The highest BCUT2D eigenvalue weighted by Gasteiger charge is 2.48. The van der Waals surface area contributed by atoms with Gasteiger partial charge in [0.1, 0.15) is 0 Å². The predicted molar refractivity (Wildman–Crippen MR) is 90.6 cm³/mol. The first-order valence-electron chi connectivity index (χ1n) is 8.22. The summed E-state index contributed by atoms with van der Waals surface area (Å²) >= 11 is 0. The molecule has 0 heterocycles. The van der Waals surface area contributed by atoms with Crippen LogP contribution in [0.1, 0.15) is 38.2 Å². The maximum absolute atomic E-state index is 12.9. The standard InChI is InChI=1S/C10H14F6.C8H4F4.CO2/c1-3-5-9(13,14)7-10(15,16)6-8(11,12)4-2;1-2-4-7(11)5(9)3-6(10)8(4)12;2-1-3/h3H,1,4-7H2,2H3;2-3H,1H2;. The van der Waals surface area contributed by atoms with Crippen LogP contribution in [0.4, 0.5) is 43.9 Å². The van der Waals surface area contributed by atoms with Crippen LogP contribution in [-0.4, -0.2) is 23.9 Å². The number of hydrogen-bond donors (Lipinski definition) is 0. The summed E-state index contributed by atoms with van der Waals surface area (Å²) in [6.07, 6.45) is -3.70. The fourth-order valence-corrected chi connectivity index (χ4v) is 2.00. The van der Waals surface area contributed by atoms with Crippen molar-refractivity contribution >= 4 is 12.2 Å². The van der Waals surface area contributed by atoms with E-state index in [1.165, 1.54) is 0 Å². The summed E-state index contributed by atoms with van der Waals surface area (Å²) in [6, 6.07) is 0.150. The summed E-state index contributed by atoms with van der Waals surface area (Å²) in [5.41, 5.74) is -0.785. The highest BCUT2D eigenvalue weighted by molar-refractivity contribution is 5.48. The lowest BCUT2D eigenvalue weighted by Gasteiger charge is -2.25. The van der Waals surface area contributed by atoms with E-state index in [0.717, 1.165) is 19.1 Å². The second-order valence-corrected chi connectivity index (χ2v) is 5.94. The molecule has 176 valence electrons. The van der Waals surface area contributed by atoms with Crippen molar-refractivity contribution in [2.24, 2.45) is 0 Å². The van der Waals surface area contributed by atoms with Crippen molar-refractivity contribution in [2.45, 2.75) is 50.4 Å². The first-order chi connectivity index (χ1) is 14.0. The molecule has 0 N–H and O–H groups in total. The molecule has 1 aromatic rings. The van der Waals surface area contributed by atoms with Crippen LogP contribution in [0.2, 0.25) is 0 Å². The van der Waals surface area contributed by atoms with Crippen LogP contribution in [0.5, 0.6) is 0 Å². The molecule has 0 radical (unpaired) electrons. The zero-order chi connectivity index (χ0) is 25.0. The van der Waals surface area contributed by atoms with Gasteiger partial charge in [0, 0.05) is 18.9 Å². The molecule has 0 unspecified atom stereocenters. The van der Waals surface area contributed by atoms with Gasteiger partial charge in [-0.15, -0.1) is 6.58 Å². The summed E-state index contributed by atoms with van der Waals surface area (Å²) in [7, 11) is 0. The van der Waals surface area contributed by atoms with Crippen molar-refractivity contribution in [3.63, 3.8) is 0 Å². The minimum Gasteiger partial charge on any atom is -0.207 e. The van der Waals surface area contributed by atoms with Crippen LogP contribution in [0.15, 0.2) is 25.3 Å². The van der Waals surface area contributed by atoms with Crippen molar-refractivity contribution in [3.8, 4) is 0 Å². The molecule has 0 bridgehead atoms. The van der Waals surface area contributed by atoms with Crippen molar-refractivity contribution < 1.29 is 53.5 Å². The van der Waals surface area contributed by atoms with Crippen LogP contribution in [0.3, 0.4) is 0 Å². The van der Waals surface area contributed by atoms with Crippen LogP contribution < -0.4 is 0 Å². The summed E-state index contributed by atoms with van der Waals surface area (Å²) in [4.78, 5) is 16.2. The van der Waals surface area contributed by atoms with E-state index in [-0.39, 0.29) is 12.2 Å². The molecule has 0 fully saturated rings. The Balaban J connectivity index is 0. The van der Waals surface area contributed by atoms with Crippen LogP contribution in [-0.2, 0) is 9.59 Å². The number of alkyl halides is 6. The lowest BCUT2D eigenvalue weighted by Crippen LogP contribution is -2.34. The molecule has 31 heavy (non-hydrogen) atoms. The van der Waals surface area contributed by atoms with Crippen molar-refractivity contribution in [2.75, 3.05) is 0 Å². The third-order valence-corrected chi connectivity index (χ3v) is 3.34. The number of rotatable bonds is 8. The summed E-state index contributed by atoms with van der Waals surface area (Å²) in [5.74, 6) is -17.1. The maximum atomic E-state index is 12.9. The monoisotopic (exact) mass is 468 g/mol. The highest BCUT2D eigenvalue weighted by atomic mass is 19.3. The molecule has 0 aliphatic rings. The van der Waals surface area contributed by atoms with E-state index in [9.17, 15) is 43.9 Å². The lowest BCUT2D eigenvalue weighted by molar-refractivity contribution is -0.191. The Kier molecular flexibility index (Phi) is 12.8. The van der Waals surface area contributed by atoms with E-state index in [1.807, 2.05) is 0 Å². The molecule has 12 heteroatoms. The van der Waals surface area contributed by atoms with E-state index >= 15 is 0 Å². The van der Waals surface area contributed by atoms with Gasteiger partial charge in [-0.05, 0) is 0 Å². The molecule has 0 saturated heterocycles. The molecule has 2 nitrogen and oxygen atoms in total. The summed E-state index contributed by atoms with van der Waals surface area (Å²) < 4.78 is 127. The lowest BCUT2D eigenvalue weighted by atomic mass is 10.00. The number of hydrogen-bond acceptors (Lipinski definition) is 2. The molecule has 0 saturated carbocycles. The largest absolute Gasteiger partial charge is 0.373 e. The van der Waals surface area contributed by atoms with Crippen LogP contribution >= 0.6 is 0 Å². The van der Waals surface area contributed by atoms with Gasteiger partial charge in [0.15, 0.2) is 23.3 Å². The fourth-order valence-electron chi connectivity index (χ4n) is 2.00. The Labute approximate surface area is 171 Å². The van der Waals surface area contributed by atoms with E-state index in [2.05, 4.69) is 13.2 Å². The molecule has 0 atom stereocenters. The van der Waals surface area contributed by atoms with Crippen molar-refractivity contribution in [3.05, 3.63) is 54.1 Å². The SMILES string of the molecule is C=CCC(F)(F)CC(F)(F)CC(F)(F)CC.C=Cc1c(F)c(F)cc(F)c1F.O=C=O. The second-order valence-electron chi connectivity index (χ2n) is 5.94. The van der Waals surface area contributed by atoms with Gasteiger partial charge in [-0.25, -0.2) is 43.9 Å². The first-order valence-corrected chi connectivity index (χ1v) is 8.22. The van der Waals surface area contributed by atoms with Crippen LogP contribution in [0.25, 0.3) is 6.08 Å². The van der Waals surface area contributed by atoms with Crippen molar-refractivity contribution in [1.82, 2.24) is 0 Å². The van der Waals surface area contributed by atoms with E-state index in [0.29, 0.717) is 0 Å². The van der Waals surface area contributed by atoms with Gasteiger partial charge in [-0.3, -0.25) is 0 Å². The van der Waals surface area contributed by atoms with Crippen molar-refractivity contribution in [1.29, 1.82) is 0 Å². The summed E-state index contributed by atoms with van der Waals surface area (Å²) in [6.45, 7) is 7.04. The Morgan fingerprint density at radius 3 is 1.55 bits per heavy atom. The number of carbonyl (C=O) groups excluding carboxylic acids is 2. The van der Waals surface area contributed by atoms with Gasteiger partial charge in [-0.1, -0.05) is 25.7 Å². The van der Waals surface area contributed by atoms with Gasteiger partial charge in [0.2, 0.25) is 0 Å². The van der Waals surface area contributed by atoms with Gasteiger partial charge in [-0.2, -0.15) is 9.59 Å². The minimum atomic E-state index is -4.08. The van der Waals surface area contributed by atoms with Gasteiger partial charge >= 0.3 is 6.15 Å². The predicted octanol–water partition coefficient (Wildman–Crippen LogP) is 6.96. The number of benzene rings is 1. The zero-order valence-corrected chi connectivity index (χ0v) is 16.1. The van der Waals surface area contributed by atoms with Crippen LogP contribution in [0, 0.1) is 23.3 Å². The molecule has 0 aliphatic carbocycles. The second kappa shape index (κ2) is 12.9. The third kappa shape index (κ3) is 12.0. The smallest absolute Gasteiger partial charge is 0.207 e. The van der Waals surface area contributed by atoms with E-state index in [4.69, 9.17) is 9.59 Å². The van der Waals surface area contributed by atoms with E-state index < -0.39 is 72.3 Å². The molecule has 0 spiro atoms. The maximum Gasteiger partial charge on any atom is 0.373 e. The normalized spacial score (nSPS) is 11.3. The Hall–Kier alpha value is -2.62. The fraction of sp³-hybridized carbons (Fsp3) is 0.421. The average Bonchev–Trinajstić information content (AvgIpc) is 2.60. The molecule has 1 aromatic carbocycles. The first kappa shape index (κ1) is 30.6. The Morgan fingerprint density at radius 2 is 1.23 bits per heavy atom. The minimum absolute atomic E-state index is 0.150. The molecule has 1 rings (SSSR count). The molecule has 0 aromatic heterocycles. The third-order valence-electron chi connectivity index (χ3n) is 3.34. The summed E-state index contributed by atoms with van der Waals surface area (Å²) in [5, 5.41) is 0.